The average molecular weight is 237 g/mol. The molecule has 3 nitrogen and oxygen atoms in total. The highest BCUT2D eigenvalue weighted by Gasteiger charge is 2.21. The van der Waals surface area contributed by atoms with Gasteiger partial charge in [0.2, 0.25) is 0 Å². The van der Waals surface area contributed by atoms with Crippen LogP contribution in [-0.4, -0.2) is 20.8 Å². The van der Waals surface area contributed by atoms with Crippen LogP contribution in [0, 0.1) is 0 Å². The van der Waals surface area contributed by atoms with E-state index in [1.54, 1.807) is 14.2 Å². The van der Waals surface area contributed by atoms with Crippen molar-refractivity contribution < 1.29 is 9.47 Å². The largest absolute Gasteiger partial charge is 0.493 e. The molecule has 0 saturated carbocycles. The van der Waals surface area contributed by atoms with Gasteiger partial charge < -0.3 is 15.2 Å². The summed E-state index contributed by atoms with van der Waals surface area (Å²) in [5, 5.41) is 0. The molecule has 1 rings (SSSR count). The van der Waals surface area contributed by atoms with Crippen LogP contribution in [0.25, 0.3) is 0 Å². The van der Waals surface area contributed by atoms with E-state index in [-0.39, 0.29) is 5.41 Å². The van der Waals surface area contributed by atoms with Gasteiger partial charge in [-0.2, -0.15) is 0 Å². The minimum atomic E-state index is 0.110. The monoisotopic (exact) mass is 237 g/mol. The molecule has 0 amide bonds. The molecular weight excluding hydrogens is 214 g/mol. The van der Waals surface area contributed by atoms with Crippen LogP contribution in [0.2, 0.25) is 0 Å². The molecule has 0 bridgehead atoms. The summed E-state index contributed by atoms with van der Waals surface area (Å²) in [4.78, 5) is 0. The van der Waals surface area contributed by atoms with Crippen molar-refractivity contribution in [1.29, 1.82) is 0 Å². The Labute approximate surface area is 104 Å². The maximum absolute atomic E-state index is 5.57. The molecule has 0 heterocycles. The first-order chi connectivity index (χ1) is 8.05. The summed E-state index contributed by atoms with van der Waals surface area (Å²) in [6.07, 6.45) is 2.10. The number of nitrogens with two attached hydrogens (primary N) is 1. The Hall–Kier alpha value is -1.22. The molecule has 1 aromatic carbocycles. The molecule has 0 saturated heterocycles. The number of hydrogen-bond donors (Lipinski definition) is 1. The standard InChI is InChI=1S/C14H23NO2/c1-14(2,8-5-9-15)11-6-7-12(16-3)13(10-11)17-4/h6-7,10H,5,8-9,15H2,1-4H3. The Bertz CT molecular complexity index is 361. The highest BCUT2D eigenvalue weighted by atomic mass is 16.5. The Morgan fingerprint density at radius 2 is 1.76 bits per heavy atom. The zero-order valence-corrected chi connectivity index (χ0v) is 11.2. The van der Waals surface area contributed by atoms with Gasteiger partial charge in [-0.05, 0) is 42.5 Å². The number of methoxy groups -OCH3 is 2. The van der Waals surface area contributed by atoms with Gasteiger partial charge in [-0.1, -0.05) is 19.9 Å². The summed E-state index contributed by atoms with van der Waals surface area (Å²) in [7, 11) is 3.31. The van der Waals surface area contributed by atoms with Crippen LogP contribution in [0.15, 0.2) is 18.2 Å². The third kappa shape index (κ3) is 3.37. The van der Waals surface area contributed by atoms with Crippen molar-refractivity contribution >= 4 is 0 Å². The van der Waals surface area contributed by atoms with E-state index in [2.05, 4.69) is 26.0 Å². The van der Waals surface area contributed by atoms with Crippen molar-refractivity contribution in [2.45, 2.75) is 32.1 Å². The van der Waals surface area contributed by atoms with Crippen LogP contribution in [0.1, 0.15) is 32.3 Å². The van der Waals surface area contributed by atoms with Gasteiger partial charge in [0.15, 0.2) is 11.5 Å². The van der Waals surface area contributed by atoms with Crippen LogP contribution >= 0.6 is 0 Å². The van der Waals surface area contributed by atoms with Gasteiger partial charge in [-0.3, -0.25) is 0 Å². The minimum Gasteiger partial charge on any atom is -0.493 e. The lowest BCUT2D eigenvalue weighted by molar-refractivity contribution is 0.352. The first-order valence-corrected chi connectivity index (χ1v) is 5.97. The second-order valence-electron chi connectivity index (χ2n) is 4.85. The lowest BCUT2D eigenvalue weighted by Gasteiger charge is -2.26. The van der Waals surface area contributed by atoms with Crippen molar-refractivity contribution in [3.8, 4) is 11.5 Å². The van der Waals surface area contributed by atoms with E-state index < -0.39 is 0 Å². The van der Waals surface area contributed by atoms with Gasteiger partial charge in [-0.25, -0.2) is 0 Å². The van der Waals surface area contributed by atoms with Gasteiger partial charge in [0, 0.05) is 0 Å². The van der Waals surface area contributed by atoms with E-state index >= 15 is 0 Å². The molecule has 0 aliphatic rings. The molecule has 2 N–H and O–H groups in total. The van der Waals surface area contributed by atoms with Gasteiger partial charge in [-0.15, -0.1) is 0 Å². The minimum absolute atomic E-state index is 0.110. The van der Waals surface area contributed by atoms with Gasteiger partial charge in [0.1, 0.15) is 0 Å². The highest BCUT2D eigenvalue weighted by Crippen LogP contribution is 2.35. The maximum Gasteiger partial charge on any atom is 0.161 e. The SMILES string of the molecule is COc1ccc(C(C)(C)CCCN)cc1OC. The predicted octanol–water partition coefficient (Wildman–Crippen LogP) is 2.72. The van der Waals surface area contributed by atoms with Crippen LogP contribution in [-0.2, 0) is 5.41 Å². The van der Waals surface area contributed by atoms with Crippen molar-refractivity contribution in [3.05, 3.63) is 23.8 Å². The van der Waals surface area contributed by atoms with Gasteiger partial charge >= 0.3 is 0 Å². The molecule has 0 spiro atoms. The van der Waals surface area contributed by atoms with E-state index in [1.807, 2.05) is 6.07 Å². The molecule has 96 valence electrons. The first kappa shape index (κ1) is 13.8. The molecule has 3 heteroatoms. The Morgan fingerprint density at radius 3 is 2.29 bits per heavy atom. The summed E-state index contributed by atoms with van der Waals surface area (Å²) >= 11 is 0. The van der Waals surface area contributed by atoms with Crippen LogP contribution < -0.4 is 15.2 Å². The van der Waals surface area contributed by atoms with Crippen molar-refractivity contribution in [2.24, 2.45) is 5.73 Å². The zero-order chi connectivity index (χ0) is 12.9. The molecule has 0 aliphatic carbocycles. The smallest absolute Gasteiger partial charge is 0.161 e. The fourth-order valence-electron chi connectivity index (χ4n) is 1.95. The first-order valence-electron chi connectivity index (χ1n) is 5.97. The summed E-state index contributed by atoms with van der Waals surface area (Å²) in [5.41, 5.74) is 6.93. The maximum atomic E-state index is 5.57. The van der Waals surface area contributed by atoms with E-state index in [1.165, 1.54) is 5.56 Å². The normalized spacial score (nSPS) is 11.4. The molecule has 0 atom stereocenters. The second-order valence-corrected chi connectivity index (χ2v) is 4.85. The van der Waals surface area contributed by atoms with Gasteiger partial charge in [0.05, 0.1) is 14.2 Å². The molecule has 0 aromatic heterocycles. The second kappa shape index (κ2) is 5.92. The van der Waals surface area contributed by atoms with Crippen molar-refractivity contribution in [1.82, 2.24) is 0 Å². The van der Waals surface area contributed by atoms with E-state index in [9.17, 15) is 0 Å². The lowest BCUT2D eigenvalue weighted by atomic mass is 9.80. The third-order valence-electron chi connectivity index (χ3n) is 3.17. The Balaban J connectivity index is 2.98. The Kier molecular flexibility index (Phi) is 4.82. The van der Waals surface area contributed by atoms with Gasteiger partial charge in [0.25, 0.3) is 0 Å². The molecule has 0 fully saturated rings. The highest BCUT2D eigenvalue weighted by molar-refractivity contribution is 5.44. The predicted molar refractivity (Wildman–Crippen MR) is 70.9 cm³/mol. The zero-order valence-electron chi connectivity index (χ0n) is 11.2. The van der Waals surface area contributed by atoms with E-state index in [4.69, 9.17) is 15.2 Å². The molecule has 1 aromatic rings. The fraction of sp³-hybridized carbons (Fsp3) is 0.571. The molecule has 0 radical (unpaired) electrons. The molecular formula is C14H23NO2. The van der Waals surface area contributed by atoms with Crippen molar-refractivity contribution in [3.63, 3.8) is 0 Å². The van der Waals surface area contributed by atoms with Crippen LogP contribution in [0.4, 0.5) is 0 Å². The van der Waals surface area contributed by atoms with Crippen LogP contribution in [0.3, 0.4) is 0 Å². The average Bonchev–Trinajstić information content (AvgIpc) is 2.35. The van der Waals surface area contributed by atoms with E-state index in [0.717, 1.165) is 30.9 Å². The number of ether oxygens (including phenoxy) is 2. The van der Waals surface area contributed by atoms with Crippen LogP contribution in [0.5, 0.6) is 11.5 Å². The molecule has 0 aliphatic heterocycles. The molecule has 0 unspecified atom stereocenters. The Morgan fingerprint density at radius 1 is 1.12 bits per heavy atom. The molecule has 17 heavy (non-hydrogen) atoms. The summed E-state index contributed by atoms with van der Waals surface area (Å²) in [5.74, 6) is 1.55. The summed E-state index contributed by atoms with van der Waals surface area (Å²) in [6.45, 7) is 5.19. The summed E-state index contributed by atoms with van der Waals surface area (Å²) < 4.78 is 10.6. The number of benzene rings is 1. The number of hydrogen-bond acceptors (Lipinski definition) is 3. The fourth-order valence-corrected chi connectivity index (χ4v) is 1.95. The summed E-state index contributed by atoms with van der Waals surface area (Å²) in [6, 6.07) is 6.10. The van der Waals surface area contributed by atoms with Crippen molar-refractivity contribution in [2.75, 3.05) is 20.8 Å². The quantitative estimate of drug-likeness (QED) is 0.827. The van der Waals surface area contributed by atoms with E-state index in [0.29, 0.717) is 0 Å². The third-order valence-corrected chi connectivity index (χ3v) is 3.17. The number of rotatable bonds is 6. The topological polar surface area (TPSA) is 44.5 Å². The lowest BCUT2D eigenvalue weighted by Crippen LogP contribution is -2.18.